The van der Waals surface area contributed by atoms with Crippen LogP contribution < -0.4 is 4.74 Å². The molecule has 2 unspecified atom stereocenters. The van der Waals surface area contributed by atoms with Gasteiger partial charge in [0.15, 0.2) is 0 Å². The van der Waals surface area contributed by atoms with E-state index < -0.39 is 5.60 Å². The fourth-order valence-corrected chi connectivity index (χ4v) is 5.20. The van der Waals surface area contributed by atoms with Crippen molar-refractivity contribution in [2.75, 3.05) is 7.11 Å². The van der Waals surface area contributed by atoms with Crippen molar-refractivity contribution < 1.29 is 9.84 Å². The second kappa shape index (κ2) is 4.46. The first-order valence-electron chi connectivity index (χ1n) is 6.64. The van der Waals surface area contributed by atoms with Crippen LogP contribution in [0.25, 0.3) is 0 Å². The minimum absolute atomic E-state index is 0.638. The maximum atomic E-state index is 11.1. The van der Waals surface area contributed by atoms with Gasteiger partial charge in [-0.05, 0) is 55.9 Å². The molecule has 2 saturated heterocycles. The normalized spacial score (nSPS) is 34.6. The lowest BCUT2D eigenvalue weighted by atomic mass is 9.83. The first-order chi connectivity index (χ1) is 8.60. The van der Waals surface area contributed by atoms with Crippen molar-refractivity contribution in [2.45, 2.75) is 48.7 Å². The van der Waals surface area contributed by atoms with Gasteiger partial charge in [-0.2, -0.15) is 11.8 Å². The third-order valence-corrected chi connectivity index (χ3v) is 5.85. The summed E-state index contributed by atoms with van der Waals surface area (Å²) in [7, 11) is 1.68. The average molecular weight is 264 g/mol. The van der Waals surface area contributed by atoms with E-state index in [2.05, 4.69) is 24.8 Å². The number of aryl methyl sites for hydroxylation is 1. The van der Waals surface area contributed by atoms with Crippen LogP contribution in [-0.4, -0.2) is 22.7 Å². The van der Waals surface area contributed by atoms with Crippen molar-refractivity contribution in [3.05, 3.63) is 29.3 Å². The van der Waals surface area contributed by atoms with Crippen molar-refractivity contribution in [3.8, 4) is 5.75 Å². The summed E-state index contributed by atoms with van der Waals surface area (Å²) in [4.78, 5) is 0. The van der Waals surface area contributed by atoms with Crippen LogP contribution in [0.1, 0.15) is 36.8 Å². The van der Waals surface area contributed by atoms with E-state index in [0.717, 1.165) is 24.2 Å². The van der Waals surface area contributed by atoms with Crippen LogP contribution in [-0.2, 0) is 5.60 Å². The van der Waals surface area contributed by atoms with Crippen LogP contribution in [0.15, 0.2) is 18.2 Å². The Bertz CT molecular complexity index is 446. The summed E-state index contributed by atoms with van der Waals surface area (Å²) in [5, 5.41) is 12.3. The van der Waals surface area contributed by atoms with Crippen LogP contribution >= 0.6 is 11.8 Å². The van der Waals surface area contributed by atoms with Gasteiger partial charge in [0.1, 0.15) is 5.75 Å². The summed E-state index contributed by atoms with van der Waals surface area (Å²) in [6.07, 6.45) is 4.31. The van der Waals surface area contributed by atoms with Crippen LogP contribution in [0.3, 0.4) is 0 Å². The van der Waals surface area contributed by atoms with Crippen molar-refractivity contribution in [2.24, 2.45) is 0 Å². The highest BCUT2D eigenvalue weighted by molar-refractivity contribution is 8.00. The molecule has 2 aliphatic rings. The zero-order chi connectivity index (χ0) is 12.8. The number of benzene rings is 1. The molecule has 18 heavy (non-hydrogen) atoms. The molecule has 2 fully saturated rings. The van der Waals surface area contributed by atoms with Crippen LogP contribution in [0, 0.1) is 6.92 Å². The fraction of sp³-hybridized carbons (Fsp3) is 0.600. The molecule has 2 heterocycles. The van der Waals surface area contributed by atoms with Gasteiger partial charge in [-0.3, -0.25) is 0 Å². The molecule has 1 N–H and O–H groups in total. The van der Waals surface area contributed by atoms with Gasteiger partial charge < -0.3 is 9.84 Å². The lowest BCUT2D eigenvalue weighted by Crippen LogP contribution is -2.35. The maximum absolute atomic E-state index is 11.1. The zero-order valence-electron chi connectivity index (χ0n) is 11.0. The molecule has 0 saturated carbocycles. The molecule has 2 atom stereocenters. The first kappa shape index (κ1) is 12.4. The predicted octanol–water partition coefficient (Wildman–Crippen LogP) is 3.25. The SMILES string of the molecule is COc1ccc(C)c(C2(O)CC3CCC(C2)S3)c1. The quantitative estimate of drug-likeness (QED) is 0.889. The number of methoxy groups -OCH3 is 1. The third-order valence-electron chi connectivity index (χ3n) is 4.27. The van der Waals surface area contributed by atoms with E-state index in [1.165, 1.54) is 18.4 Å². The lowest BCUT2D eigenvalue weighted by Gasteiger charge is -2.37. The Morgan fingerprint density at radius 2 is 1.94 bits per heavy atom. The van der Waals surface area contributed by atoms with Gasteiger partial charge in [-0.15, -0.1) is 0 Å². The molecule has 3 rings (SSSR count). The largest absolute Gasteiger partial charge is 0.497 e. The topological polar surface area (TPSA) is 29.5 Å². The predicted molar refractivity (Wildman–Crippen MR) is 75.3 cm³/mol. The number of thioether (sulfide) groups is 1. The summed E-state index contributed by atoms with van der Waals surface area (Å²) in [6, 6.07) is 6.04. The highest BCUT2D eigenvalue weighted by atomic mass is 32.2. The standard InChI is InChI=1S/C15H20O2S/c1-10-3-4-11(17-2)7-14(10)15(16)8-12-5-6-13(9-15)18-12/h3-4,7,12-13,16H,5-6,8-9H2,1-2H3. The van der Waals surface area contributed by atoms with Crippen LogP contribution in [0.2, 0.25) is 0 Å². The van der Waals surface area contributed by atoms with Crippen LogP contribution in [0.5, 0.6) is 5.75 Å². The number of rotatable bonds is 2. The highest BCUT2D eigenvalue weighted by Gasteiger charge is 2.44. The molecule has 2 aliphatic heterocycles. The molecular formula is C15H20O2S. The molecule has 2 nitrogen and oxygen atoms in total. The van der Waals surface area contributed by atoms with Crippen molar-refractivity contribution in [1.82, 2.24) is 0 Å². The first-order valence-corrected chi connectivity index (χ1v) is 7.58. The minimum atomic E-state index is -0.643. The monoisotopic (exact) mass is 264 g/mol. The molecule has 98 valence electrons. The molecule has 1 aromatic carbocycles. The van der Waals surface area contributed by atoms with Gasteiger partial charge >= 0.3 is 0 Å². The number of aliphatic hydroxyl groups is 1. The van der Waals surface area contributed by atoms with Gasteiger partial charge in [0, 0.05) is 10.5 Å². The Kier molecular flexibility index (Phi) is 3.07. The number of fused-ring (bicyclic) bond motifs is 2. The molecular weight excluding hydrogens is 244 g/mol. The molecule has 0 radical (unpaired) electrons. The Labute approximate surface area is 113 Å². The summed E-state index contributed by atoms with van der Waals surface area (Å²) in [6.45, 7) is 2.08. The Balaban J connectivity index is 1.98. The van der Waals surface area contributed by atoms with E-state index in [4.69, 9.17) is 4.74 Å². The number of hydrogen-bond acceptors (Lipinski definition) is 3. The minimum Gasteiger partial charge on any atom is -0.497 e. The van der Waals surface area contributed by atoms with Gasteiger partial charge in [0.05, 0.1) is 12.7 Å². The van der Waals surface area contributed by atoms with Gasteiger partial charge in [-0.25, -0.2) is 0 Å². The Morgan fingerprint density at radius 1 is 1.28 bits per heavy atom. The van der Waals surface area contributed by atoms with Crippen molar-refractivity contribution >= 4 is 11.8 Å². The van der Waals surface area contributed by atoms with Gasteiger partial charge in [-0.1, -0.05) is 6.07 Å². The Morgan fingerprint density at radius 3 is 2.56 bits per heavy atom. The molecule has 2 bridgehead atoms. The van der Waals surface area contributed by atoms with E-state index in [-0.39, 0.29) is 0 Å². The lowest BCUT2D eigenvalue weighted by molar-refractivity contribution is 0.0188. The molecule has 0 spiro atoms. The Hall–Kier alpha value is -0.670. The number of hydrogen-bond donors (Lipinski definition) is 1. The van der Waals surface area contributed by atoms with E-state index >= 15 is 0 Å². The smallest absolute Gasteiger partial charge is 0.119 e. The van der Waals surface area contributed by atoms with Crippen molar-refractivity contribution in [1.29, 1.82) is 0 Å². The van der Waals surface area contributed by atoms with Gasteiger partial charge in [0.2, 0.25) is 0 Å². The molecule has 3 heteroatoms. The van der Waals surface area contributed by atoms with E-state index in [1.54, 1.807) is 7.11 Å². The average Bonchev–Trinajstić information content (AvgIpc) is 2.70. The van der Waals surface area contributed by atoms with Crippen molar-refractivity contribution in [3.63, 3.8) is 0 Å². The highest BCUT2D eigenvalue weighted by Crippen LogP contribution is 2.51. The fourth-order valence-electron chi connectivity index (χ4n) is 3.37. The zero-order valence-corrected chi connectivity index (χ0v) is 11.8. The maximum Gasteiger partial charge on any atom is 0.119 e. The third kappa shape index (κ3) is 2.04. The molecule has 0 aliphatic carbocycles. The van der Waals surface area contributed by atoms with E-state index in [1.807, 2.05) is 12.1 Å². The molecule has 0 amide bonds. The van der Waals surface area contributed by atoms with E-state index in [9.17, 15) is 5.11 Å². The number of ether oxygens (including phenoxy) is 1. The van der Waals surface area contributed by atoms with Crippen LogP contribution in [0.4, 0.5) is 0 Å². The summed E-state index contributed by atoms with van der Waals surface area (Å²) in [5.74, 6) is 0.842. The van der Waals surface area contributed by atoms with Gasteiger partial charge in [0.25, 0.3) is 0 Å². The second-order valence-corrected chi connectivity index (χ2v) is 7.18. The molecule has 1 aromatic rings. The summed E-state index contributed by atoms with van der Waals surface area (Å²) < 4.78 is 5.30. The van der Waals surface area contributed by atoms with E-state index in [0.29, 0.717) is 10.5 Å². The second-order valence-electron chi connectivity index (χ2n) is 5.58. The molecule has 0 aromatic heterocycles. The summed E-state index contributed by atoms with van der Waals surface area (Å²) in [5.41, 5.74) is 1.60. The summed E-state index contributed by atoms with van der Waals surface area (Å²) >= 11 is 2.07.